The lowest BCUT2D eigenvalue weighted by Gasteiger charge is -2.62. The number of nitrogens with zero attached hydrogens (tertiary/aromatic N) is 4. The lowest BCUT2D eigenvalue weighted by molar-refractivity contribution is -0.219. The molecule has 0 bridgehead atoms. The number of rotatable bonds is 5. The zero-order chi connectivity index (χ0) is 20.7. The van der Waals surface area contributed by atoms with Crippen LogP contribution in [0, 0.1) is 12.8 Å². The van der Waals surface area contributed by atoms with Gasteiger partial charge in [0.2, 0.25) is 0 Å². The molecule has 3 aliphatic heterocycles. The molecule has 30 heavy (non-hydrogen) atoms. The maximum Gasteiger partial charge on any atom is 0.274 e. The standard InChI is InChI=1S/C22H30N4O4/c1-15-12-24-18(13-23-15)20(27)25-8-4-17(5-9-25)26-21(28)19(30-14-16-2-3-16)22(26)6-10-29-11-7-22/h12-13,16-17,19H,2-11,14H2,1H3. The summed E-state index contributed by atoms with van der Waals surface area (Å²) in [4.78, 5) is 38.2. The largest absolute Gasteiger partial charge is 0.381 e. The van der Waals surface area contributed by atoms with E-state index in [-0.39, 0.29) is 29.5 Å². The number of ether oxygens (including phenoxy) is 2. The molecular formula is C22H30N4O4. The van der Waals surface area contributed by atoms with E-state index >= 15 is 0 Å². The smallest absolute Gasteiger partial charge is 0.274 e. The molecule has 2 amide bonds. The fraction of sp³-hybridized carbons (Fsp3) is 0.727. The summed E-state index contributed by atoms with van der Waals surface area (Å²) in [6.07, 6.45) is 8.54. The van der Waals surface area contributed by atoms with Gasteiger partial charge in [-0.15, -0.1) is 0 Å². The summed E-state index contributed by atoms with van der Waals surface area (Å²) in [5.74, 6) is 0.692. The number of hydrogen-bond donors (Lipinski definition) is 0. The first-order valence-corrected chi connectivity index (χ1v) is 11.2. The maximum absolute atomic E-state index is 13.1. The lowest BCUT2D eigenvalue weighted by Crippen LogP contribution is -2.79. The van der Waals surface area contributed by atoms with Gasteiger partial charge in [-0.2, -0.15) is 0 Å². The van der Waals surface area contributed by atoms with Crippen molar-refractivity contribution in [2.45, 2.75) is 63.1 Å². The minimum Gasteiger partial charge on any atom is -0.381 e. The van der Waals surface area contributed by atoms with Crippen LogP contribution in [0.1, 0.15) is 54.7 Å². The van der Waals surface area contributed by atoms with Crippen molar-refractivity contribution < 1.29 is 19.1 Å². The molecule has 3 saturated heterocycles. The highest BCUT2D eigenvalue weighted by atomic mass is 16.5. The van der Waals surface area contributed by atoms with Gasteiger partial charge in [-0.05, 0) is 51.4 Å². The number of aromatic nitrogens is 2. The molecule has 1 unspecified atom stereocenters. The minimum atomic E-state index is -0.315. The van der Waals surface area contributed by atoms with Crippen LogP contribution in [0.4, 0.5) is 0 Å². The summed E-state index contributed by atoms with van der Waals surface area (Å²) in [6, 6.07) is 0.157. The van der Waals surface area contributed by atoms with Crippen LogP contribution >= 0.6 is 0 Å². The Labute approximate surface area is 176 Å². The van der Waals surface area contributed by atoms with Gasteiger partial charge in [0.25, 0.3) is 11.8 Å². The van der Waals surface area contributed by atoms with Crippen LogP contribution in [0.15, 0.2) is 12.4 Å². The van der Waals surface area contributed by atoms with Gasteiger partial charge in [-0.25, -0.2) is 4.98 Å². The first-order chi connectivity index (χ1) is 14.6. The van der Waals surface area contributed by atoms with E-state index in [0.29, 0.717) is 44.5 Å². The molecule has 1 aliphatic carbocycles. The van der Waals surface area contributed by atoms with E-state index in [0.717, 1.165) is 31.4 Å². The van der Waals surface area contributed by atoms with Crippen LogP contribution in [0.2, 0.25) is 0 Å². The normalized spacial score (nSPS) is 26.7. The number of carbonyl (C=O) groups is 2. The van der Waals surface area contributed by atoms with E-state index in [1.807, 2.05) is 11.8 Å². The zero-order valence-electron chi connectivity index (χ0n) is 17.6. The Morgan fingerprint density at radius 3 is 2.53 bits per heavy atom. The van der Waals surface area contributed by atoms with E-state index in [1.165, 1.54) is 12.8 Å². The fourth-order valence-electron chi connectivity index (χ4n) is 5.14. The first-order valence-electron chi connectivity index (χ1n) is 11.2. The van der Waals surface area contributed by atoms with Crippen molar-refractivity contribution in [2.75, 3.05) is 32.9 Å². The van der Waals surface area contributed by atoms with Gasteiger partial charge in [-0.1, -0.05) is 0 Å². The fourth-order valence-corrected chi connectivity index (χ4v) is 5.14. The van der Waals surface area contributed by atoms with Crippen LogP contribution in [0.5, 0.6) is 0 Å². The Morgan fingerprint density at radius 2 is 1.90 bits per heavy atom. The monoisotopic (exact) mass is 414 g/mol. The Hall–Kier alpha value is -2.06. The highest BCUT2D eigenvalue weighted by Gasteiger charge is 2.63. The molecule has 4 aliphatic rings. The third kappa shape index (κ3) is 3.50. The summed E-state index contributed by atoms with van der Waals surface area (Å²) in [6.45, 7) is 5.17. The molecular weight excluding hydrogens is 384 g/mol. The second-order valence-corrected chi connectivity index (χ2v) is 9.15. The molecule has 1 atom stereocenters. The van der Waals surface area contributed by atoms with Gasteiger partial charge < -0.3 is 19.3 Å². The van der Waals surface area contributed by atoms with Crippen molar-refractivity contribution in [3.8, 4) is 0 Å². The molecule has 8 nitrogen and oxygen atoms in total. The average molecular weight is 415 g/mol. The number of aryl methyl sites for hydroxylation is 1. The predicted molar refractivity (Wildman–Crippen MR) is 108 cm³/mol. The number of piperidine rings is 1. The number of likely N-dealkylation sites (tertiary alicyclic amines) is 2. The quantitative estimate of drug-likeness (QED) is 0.680. The molecule has 4 heterocycles. The van der Waals surface area contributed by atoms with Crippen molar-refractivity contribution in [1.82, 2.24) is 19.8 Å². The molecule has 1 aromatic rings. The highest BCUT2D eigenvalue weighted by Crippen LogP contribution is 2.46. The second-order valence-electron chi connectivity index (χ2n) is 9.15. The van der Waals surface area contributed by atoms with Gasteiger partial charge in [0, 0.05) is 38.5 Å². The van der Waals surface area contributed by atoms with E-state index in [1.54, 1.807) is 12.4 Å². The zero-order valence-corrected chi connectivity index (χ0v) is 17.6. The molecule has 1 aromatic heterocycles. The number of amides is 2. The van der Waals surface area contributed by atoms with Crippen molar-refractivity contribution in [3.05, 3.63) is 23.8 Å². The summed E-state index contributed by atoms with van der Waals surface area (Å²) in [5, 5.41) is 0. The maximum atomic E-state index is 13.1. The first kappa shape index (κ1) is 19.9. The Kier molecular flexibility index (Phi) is 5.23. The summed E-state index contributed by atoms with van der Waals surface area (Å²) >= 11 is 0. The average Bonchev–Trinajstić information content (AvgIpc) is 3.60. The molecule has 0 radical (unpaired) electrons. The Bertz CT molecular complexity index is 796. The highest BCUT2D eigenvalue weighted by molar-refractivity contribution is 5.92. The van der Waals surface area contributed by atoms with Crippen molar-refractivity contribution in [2.24, 2.45) is 5.92 Å². The number of β-lactam (4-membered cyclic amide) rings is 1. The third-order valence-electron chi connectivity index (χ3n) is 7.10. The predicted octanol–water partition coefficient (Wildman–Crippen LogP) is 1.58. The molecule has 162 valence electrons. The van der Waals surface area contributed by atoms with Crippen LogP contribution in [0.3, 0.4) is 0 Å². The summed E-state index contributed by atoms with van der Waals surface area (Å²) in [5.41, 5.74) is 0.957. The lowest BCUT2D eigenvalue weighted by atomic mass is 9.72. The third-order valence-corrected chi connectivity index (χ3v) is 7.10. The topological polar surface area (TPSA) is 84.9 Å². The van der Waals surface area contributed by atoms with Crippen molar-refractivity contribution in [1.29, 1.82) is 0 Å². The van der Waals surface area contributed by atoms with E-state index in [9.17, 15) is 9.59 Å². The van der Waals surface area contributed by atoms with Crippen molar-refractivity contribution >= 4 is 11.8 Å². The molecule has 0 N–H and O–H groups in total. The number of carbonyl (C=O) groups excluding carboxylic acids is 2. The SMILES string of the molecule is Cc1cnc(C(=O)N2CCC(N3C(=O)C(OCC4CC4)C34CCOCC4)CC2)cn1. The van der Waals surface area contributed by atoms with E-state index < -0.39 is 0 Å². The van der Waals surface area contributed by atoms with E-state index in [4.69, 9.17) is 9.47 Å². The van der Waals surface area contributed by atoms with Crippen LogP contribution in [-0.2, 0) is 14.3 Å². The molecule has 1 spiro atoms. The summed E-state index contributed by atoms with van der Waals surface area (Å²) in [7, 11) is 0. The van der Waals surface area contributed by atoms with Crippen molar-refractivity contribution in [3.63, 3.8) is 0 Å². The molecule has 8 heteroatoms. The second kappa shape index (κ2) is 7.89. The van der Waals surface area contributed by atoms with E-state index in [2.05, 4.69) is 14.9 Å². The summed E-state index contributed by atoms with van der Waals surface area (Å²) < 4.78 is 11.7. The van der Waals surface area contributed by atoms with Gasteiger partial charge in [0.1, 0.15) is 5.69 Å². The Balaban J connectivity index is 1.23. The minimum absolute atomic E-state index is 0.0812. The van der Waals surface area contributed by atoms with Gasteiger partial charge in [-0.3, -0.25) is 14.6 Å². The molecule has 4 fully saturated rings. The number of hydrogen-bond acceptors (Lipinski definition) is 6. The van der Waals surface area contributed by atoms with Gasteiger partial charge in [0.15, 0.2) is 6.10 Å². The molecule has 5 rings (SSSR count). The van der Waals surface area contributed by atoms with Crippen LogP contribution in [0.25, 0.3) is 0 Å². The molecule has 0 aromatic carbocycles. The van der Waals surface area contributed by atoms with Crippen LogP contribution in [-0.4, -0.2) is 82.2 Å². The van der Waals surface area contributed by atoms with Crippen LogP contribution < -0.4 is 0 Å². The molecule has 1 saturated carbocycles. The van der Waals surface area contributed by atoms with Gasteiger partial charge in [0.05, 0.1) is 24.0 Å². The Morgan fingerprint density at radius 1 is 1.17 bits per heavy atom. The van der Waals surface area contributed by atoms with Gasteiger partial charge >= 0.3 is 0 Å².